The highest BCUT2D eigenvalue weighted by Gasteiger charge is 2.28. The van der Waals surface area contributed by atoms with E-state index >= 15 is 0 Å². The highest BCUT2D eigenvalue weighted by Crippen LogP contribution is 2.32. The average molecular weight is 320 g/mol. The first-order valence-electron chi connectivity index (χ1n) is 7.43. The number of primary amides is 1. The Morgan fingerprint density at radius 1 is 1.22 bits per heavy atom. The van der Waals surface area contributed by atoms with E-state index in [2.05, 4.69) is 5.32 Å². The molecule has 0 aromatic heterocycles. The van der Waals surface area contributed by atoms with E-state index in [1.807, 2.05) is 6.92 Å². The van der Waals surface area contributed by atoms with Gasteiger partial charge in [0, 0.05) is 6.04 Å². The molecule has 1 aliphatic carbocycles. The number of nitrogens with two attached hydrogens (primary N) is 1. The molecule has 0 heterocycles. The van der Waals surface area contributed by atoms with Gasteiger partial charge in [-0.15, -0.1) is 0 Å². The summed E-state index contributed by atoms with van der Waals surface area (Å²) in [7, 11) is 0. The van der Waals surface area contributed by atoms with Crippen LogP contribution in [-0.2, 0) is 14.3 Å². The molecule has 7 nitrogen and oxygen atoms in total. The summed E-state index contributed by atoms with van der Waals surface area (Å²) in [6.07, 6.45) is 2.26. The molecule has 0 unspecified atom stereocenters. The predicted molar refractivity (Wildman–Crippen MR) is 81.7 cm³/mol. The van der Waals surface area contributed by atoms with Crippen LogP contribution in [0.4, 0.5) is 0 Å². The highest BCUT2D eigenvalue weighted by molar-refractivity contribution is 5.91. The third kappa shape index (κ3) is 5.61. The van der Waals surface area contributed by atoms with Crippen LogP contribution in [0, 0.1) is 5.92 Å². The van der Waals surface area contributed by atoms with Gasteiger partial charge in [-0.2, -0.15) is 0 Å². The van der Waals surface area contributed by atoms with Gasteiger partial charge < -0.3 is 20.5 Å². The molecule has 23 heavy (non-hydrogen) atoms. The Morgan fingerprint density at radius 3 is 2.43 bits per heavy atom. The lowest BCUT2D eigenvalue weighted by Gasteiger charge is -2.12. The third-order valence-corrected chi connectivity index (χ3v) is 3.52. The summed E-state index contributed by atoms with van der Waals surface area (Å²) < 4.78 is 10.0. The summed E-state index contributed by atoms with van der Waals surface area (Å²) in [6, 6.07) is 6.14. The van der Waals surface area contributed by atoms with Crippen molar-refractivity contribution in [1.29, 1.82) is 0 Å². The zero-order chi connectivity index (χ0) is 16.8. The molecule has 1 atom stereocenters. The van der Waals surface area contributed by atoms with E-state index in [0.717, 1.165) is 12.8 Å². The molecular formula is C16H20N2O5. The van der Waals surface area contributed by atoms with Gasteiger partial charge in [0.25, 0.3) is 11.8 Å². The van der Waals surface area contributed by atoms with E-state index in [0.29, 0.717) is 17.2 Å². The van der Waals surface area contributed by atoms with E-state index in [-0.39, 0.29) is 25.2 Å². The van der Waals surface area contributed by atoms with Crippen molar-refractivity contribution in [2.75, 3.05) is 13.2 Å². The Kier molecular flexibility index (Phi) is 5.56. The van der Waals surface area contributed by atoms with Gasteiger partial charge in [0.1, 0.15) is 5.75 Å². The Morgan fingerprint density at radius 2 is 1.87 bits per heavy atom. The summed E-state index contributed by atoms with van der Waals surface area (Å²) in [5.74, 6) is -0.529. The van der Waals surface area contributed by atoms with E-state index < -0.39 is 11.9 Å². The molecule has 124 valence electrons. The second-order valence-electron chi connectivity index (χ2n) is 5.55. The van der Waals surface area contributed by atoms with E-state index in [4.69, 9.17) is 15.2 Å². The number of nitrogens with one attached hydrogen (secondary N) is 1. The second-order valence-corrected chi connectivity index (χ2v) is 5.55. The Balaban J connectivity index is 1.76. The predicted octanol–water partition coefficient (Wildman–Crippen LogP) is 0.622. The smallest absolute Gasteiger partial charge is 0.338 e. The normalized spacial score (nSPS) is 14.7. The lowest BCUT2D eigenvalue weighted by molar-refractivity contribution is -0.125. The number of hydrogen-bond donors (Lipinski definition) is 2. The molecule has 0 radical (unpaired) electrons. The van der Waals surface area contributed by atoms with Crippen molar-refractivity contribution in [3.63, 3.8) is 0 Å². The van der Waals surface area contributed by atoms with Gasteiger partial charge in [-0.05, 0) is 49.9 Å². The van der Waals surface area contributed by atoms with Crippen LogP contribution in [0.25, 0.3) is 0 Å². The van der Waals surface area contributed by atoms with Crippen LogP contribution in [-0.4, -0.2) is 37.0 Å². The Labute approximate surface area is 134 Å². The summed E-state index contributed by atoms with van der Waals surface area (Å²) in [6.45, 7) is 1.40. The number of benzene rings is 1. The molecule has 2 rings (SSSR count). The third-order valence-electron chi connectivity index (χ3n) is 3.52. The monoisotopic (exact) mass is 320 g/mol. The lowest BCUT2D eigenvalue weighted by Crippen LogP contribution is -2.37. The number of carbonyl (C=O) groups excluding carboxylic acids is 3. The zero-order valence-electron chi connectivity index (χ0n) is 12.9. The zero-order valence-corrected chi connectivity index (χ0v) is 12.9. The van der Waals surface area contributed by atoms with Gasteiger partial charge in [-0.25, -0.2) is 4.79 Å². The van der Waals surface area contributed by atoms with Crippen molar-refractivity contribution in [3.8, 4) is 5.75 Å². The minimum absolute atomic E-state index is 0.114. The van der Waals surface area contributed by atoms with Gasteiger partial charge in [0.2, 0.25) is 0 Å². The molecular weight excluding hydrogens is 300 g/mol. The Hall–Kier alpha value is -2.57. The van der Waals surface area contributed by atoms with Gasteiger partial charge in [-0.1, -0.05) is 0 Å². The molecule has 1 fully saturated rings. The number of esters is 1. The summed E-state index contributed by atoms with van der Waals surface area (Å²) in [5, 5.41) is 2.81. The van der Waals surface area contributed by atoms with Crippen molar-refractivity contribution in [1.82, 2.24) is 5.32 Å². The Bertz CT molecular complexity index is 581. The van der Waals surface area contributed by atoms with Crippen LogP contribution in [0.1, 0.15) is 30.1 Å². The standard InChI is InChI=1S/C16H20N2O5/c1-10(11-2-3-11)18-15(20)9-23-16(21)12-4-6-13(7-5-12)22-8-14(17)19/h4-7,10-11H,2-3,8-9H2,1H3,(H2,17,19)(H,18,20)/t10-/m0/s1. The van der Waals surface area contributed by atoms with Crippen molar-refractivity contribution < 1.29 is 23.9 Å². The van der Waals surface area contributed by atoms with E-state index in [1.165, 1.54) is 24.3 Å². The van der Waals surface area contributed by atoms with E-state index in [9.17, 15) is 14.4 Å². The molecule has 0 aliphatic heterocycles. The number of ether oxygens (including phenoxy) is 2. The molecule has 1 aromatic carbocycles. The largest absolute Gasteiger partial charge is 0.484 e. The first-order valence-corrected chi connectivity index (χ1v) is 7.43. The first-order chi connectivity index (χ1) is 11.0. The van der Waals surface area contributed by atoms with Crippen LogP contribution in [0.15, 0.2) is 24.3 Å². The molecule has 1 saturated carbocycles. The molecule has 0 bridgehead atoms. The van der Waals surface area contributed by atoms with E-state index in [1.54, 1.807) is 0 Å². The van der Waals surface area contributed by atoms with Gasteiger partial charge in [0.15, 0.2) is 13.2 Å². The summed E-state index contributed by atoms with van der Waals surface area (Å²) in [4.78, 5) is 34.1. The molecule has 0 saturated heterocycles. The fraction of sp³-hybridized carbons (Fsp3) is 0.438. The lowest BCUT2D eigenvalue weighted by atomic mass is 10.2. The van der Waals surface area contributed by atoms with Crippen LogP contribution in [0.2, 0.25) is 0 Å². The molecule has 0 spiro atoms. The van der Waals surface area contributed by atoms with Gasteiger partial charge in [-0.3, -0.25) is 9.59 Å². The number of carbonyl (C=O) groups is 3. The van der Waals surface area contributed by atoms with Crippen molar-refractivity contribution >= 4 is 17.8 Å². The maximum absolute atomic E-state index is 11.8. The maximum atomic E-state index is 11.8. The minimum Gasteiger partial charge on any atom is -0.484 e. The molecule has 1 aromatic rings. The van der Waals surface area contributed by atoms with Gasteiger partial charge in [0.05, 0.1) is 5.56 Å². The van der Waals surface area contributed by atoms with Crippen molar-refractivity contribution in [2.45, 2.75) is 25.8 Å². The number of amides is 2. The van der Waals surface area contributed by atoms with Crippen molar-refractivity contribution in [2.24, 2.45) is 11.7 Å². The minimum atomic E-state index is -0.597. The number of rotatable bonds is 8. The quantitative estimate of drug-likeness (QED) is 0.683. The van der Waals surface area contributed by atoms with Crippen LogP contribution in [0.3, 0.4) is 0 Å². The summed E-state index contributed by atoms with van der Waals surface area (Å²) in [5.41, 5.74) is 5.26. The fourth-order valence-corrected chi connectivity index (χ4v) is 2.07. The highest BCUT2D eigenvalue weighted by atomic mass is 16.5. The molecule has 7 heteroatoms. The second kappa shape index (κ2) is 7.62. The molecule has 1 aliphatic rings. The number of hydrogen-bond acceptors (Lipinski definition) is 5. The fourth-order valence-electron chi connectivity index (χ4n) is 2.07. The van der Waals surface area contributed by atoms with Crippen molar-refractivity contribution in [3.05, 3.63) is 29.8 Å². The summed E-state index contributed by atoms with van der Waals surface area (Å²) >= 11 is 0. The topological polar surface area (TPSA) is 108 Å². The molecule has 2 amide bonds. The average Bonchev–Trinajstić information content (AvgIpc) is 3.36. The van der Waals surface area contributed by atoms with Crippen LogP contribution < -0.4 is 15.8 Å². The SMILES string of the molecule is C[C@H](NC(=O)COC(=O)c1ccc(OCC(N)=O)cc1)C1CC1. The first kappa shape index (κ1) is 16.8. The van der Waals surface area contributed by atoms with Crippen LogP contribution >= 0.6 is 0 Å². The van der Waals surface area contributed by atoms with Gasteiger partial charge >= 0.3 is 5.97 Å². The van der Waals surface area contributed by atoms with Crippen LogP contribution in [0.5, 0.6) is 5.75 Å². The maximum Gasteiger partial charge on any atom is 0.338 e. The molecule has 3 N–H and O–H groups in total.